The summed E-state index contributed by atoms with van der Waals surface area (Å²) in [7, 11) is 0. The van der Waals surface area contributed by atoms with Crippen LogP contribution in [0.5, 0.6) is 0 Å². The number of para-hydroxylation sites is 1. The number of aromatic amines is 1. The van der Waals surface area contributed by atoms with Crippen LogP contribution in [-0.2, 0) is 43.3 Å². The van der Waals surface area contributed by atoms with Crippen molar-refractivity contribution in [1.82, 2.24) is 15.6 Å². The molecular formula is C35H37N3O6. The molecule has 0 spiro atoms. The van der Waals surface area contributed by atoms with Crippen LogP contribution in [-0.4, -0.2) is 52.8 Å². The molecule has 2 heterocycles. The highest BCUT2D eigenvalue weighted by molar-refractivity contribution is 5.98. The average molecular weight is 596 g/mol. The van der Waals surface area contributed by atoms with Crippen molar-refractivity contribution in [3.63, 3.8) is 0 Å². The van der Waals surface area contributed by atoms with Crippen LogP contribution in [0, 0.1) is 5.92 Å². The predicted octanol–water partition coefficient (Wildman–Crippen LogP) is 4.69. The first-order valence-electron chi connectivity index (χ1n) is 14.8. The van der Waals surface area contributed by atoms with Crippen LogP contribution in [0.15, 0.2) is 91.1 Å². The van der Waals surface area contributed by atoms with E-state index >= 15 is 0 Å². The van der Waals surface area contributed by atoms with Gasteiger partial charge < -0.3 is 25.1 Å². The van der Waals surface area contributed by atoms with E-state index in [0.29, 0.717) is 13.0 Å². The number of hydrogen-bond acceptors (Lipinski definition) is 6. The van der Waals surface area contributed by atoms with Gasteiger partial charge in [0.2, 0.25) is 5.91 Å². The molecule has 1 fully saturated rings. The van der Waals surface area contributed by atoms with Gasteiger partial charge in [0.15, 0.2) is 11.6 Å². The van der Waals surface area contributed by atoms with Gasteiger partial charge in [-0.15, -0.1) is 0 Å². The second-order valence-corrected chi connectivity index (χ2v) is 11.5. The van der Waals surface area contributed by atoms with E-state index in [0.717, 1.165) is 27.6 Å². The van der Waals surface area contributed by atoms with Crippen LogP contribution < -0.4 is 10.6 Å². The number of alkyl carbamates (subject to hydrolysis) is 1. The monoisotopic (exact) mass is 595 g/mol. The number of amides is 2. The van der Waals surface area contributed by atoms with E-state index in [-0.39, 0.29) is 31.0 Å². The minimum absolute atomic E-state index is 0.0681. The Hall–Kier alpha value is -4.76. The number of Topliss-reactive ketones (excluding diaryl/α,β-unsaturated/α-hetero) is 2. The molecular weight excluding hydrogens is 558 g/mol. The number of fused-ring (bicyclic) bond motifs is 1. The molecule has 2 amide bonds. The van der Waals surface area contributed by atoms with Crippen molar-refractivity contribution in [1.29, 1.82) is 0 Å². The highest BCUT2D eigenvalue weighted by atomic mass is 16.6. The molecule has 1 aliphatic heterocycles. The van der Waals surface area contributed by atoms with Crippen molar-refractivity contribution in [3.05, 3.63) is 108 Å². The standard InChI is InChI=1S/C35H37N3O6/c1-23(37-34(42)43-21-25-13-7-4-8-14-25)31(39)19-26(18-27-20-36-29-16-10-9-15-28(27)29)33(41)38-30(32(40)35(2)22-44-35)17-24-11-5-3-6-12-24/h3-16,20,23,26,30,36H,17-19,21-22H2,1-2H3,(H,37,42)(H,38,41)/t23-,26+,30-,35+/m0/s1. The van der Waals surface area contributed by atoms with Gasteiger partial charge in [-0.25, -0.2) is 4.79 Å². The fourth-order valence-corrected chi connectivity index (χ4v) is 5.23. The fourth-order valence-electron chi connectivity index (χ4n) is 5.23. The number of ether oxygens (including phenoxy) is 2. The SMILES string of the molecule is C[C@H](NC(=O)OCc1ccccc1)C(=O)C[C@@H](Cc1c[nH]c2ccccc12)C(=O)N[C@@H](Cc1ccccc1)C(=O)[C@@]1(C)CO1. The molecule has 1 aliphatic rings. The summed E-state index contributed by atoms with van der Waals surface area (Å²) in [6.07, 6.45) is 1.52. The van der Waals surface area contributed by atoms with Crippen LogP contribution >= 0.6 is 0 Å². The molecule has 3 aromatic carbocycles. The first-order valence-corrected chi connectivity index (χ1v) is 14.8. The smallest absolute Gasteiger partial charge is 0.408 e. The van der Waals surface area contributed by atoms with Gasteiger partial charge in [0.05, 0.1) is 18.7 Å². The molecule has 0 bridgehead atoms. The van der Waals surface area contributed by atoms with Gasteiger partial charge in [0.25, 0.3) is 0 Å². The molecule has 5 rings (SSSR count). The third-order valence-electron chi connectivity index (χ3n) is 8.00. The molecule has 228 valence electrons. The van der Waals surface area contributed by atoms with Gasteiger partial charge >= 0.3 is 6.09 Å². The number of carbonyl (C=O) groups is 4. The van der Waals surface area contributed by atoms with E-state index in [1.54, 1.807) is 13.8 Å². The summed E-state index contributed by atoms with van der Waals surface area (Å²) < 4.78 is 10.7. The zero-order chi connectivity index (χ0) is 31.1. The number of epoxide rings is 1. The molecule has 9 nitrogen and oxygen atoms in total. The molecule has 1 aromatic heterocycles. The van der Waals surface area contributed by atoms with Crippen molar-refractivity contribution >= 4 is 34.5 Å². The topological polar surface area (TPSA) is 130 Å². The first kappa shape index (κ1) is 30.7. The third-order valence-corrected chi connectivity index (χ3v) is 8.00. The summed E-state index contributed by atoms with van der Waals surface area (Å²) in [6.45, 7) is 3.66. The van der Waals surface area contributed by atoms with E-state index in [1.165, 1.54) is 0 Å². The molecule has 44 heavy (non-hydrogen) atoms. The minimum atomic E-state index is -0.937. The lowest BCUT2D eigenvalue weighted by Gasteiger charge is -2.24. The van der Waals surface area contributed by atoms with Gasteiger partial charge in [0.1, 0.15) is 12.2 Å². The average Bonchev–Trinajstić information content (AvgIpc) is 3.67. The largest absolute Gasteiger partial charge is 0.445 e. The normalized spacial score (nSPS) is 17.7. The molecule has 0 radical (unpaired) electrons. The summed E-state index contributed by atoms with van der Waals surface area (Å²) in [5, 5.41) is 6.48. The lowest BCUT2D eigenvalue weighted by atomic mass is 9.89. The molecule has 9 heteroatoms. The fraction of sp³-hybridized carbons (Fsp3) is 0.314. The highest BCUT2D eigenvalue weighted by Crippen LogP contribution is 2.30. The van der Waals surface area contributed by atoms with Gasteiger partial charge in [-0.05, 0) is 49.4 Å². The van der Waals surface area contributed by atoms with Gasteiger partial charge in [-0.1, -0.05) is 78.9 Å². The Kier molecular flexibility index (Phi) is 9.55. The number of carbonyl (C=O) groups excluding carboxylic acids is 4. The van der Waals surface area contributed by atoms with Gasteiger partial charge in [-0.3, -0.25) is 14.4 Å². The Morgan fingerprint density at radius 1 is 0.886 bits per heavy atom. The lowest BCUT2D eigenvalue weighted by Crippen LogP contribution is -2.50. The van der Waals surface area contributed by atoms with E-state index in [1.807, 2.05) is 91.1 Å². The summed E-state index contributed by atoms with van der Waals surface area (Å²) in [5.74, 6) is -1.75. The van der Waals surface area contributed by atoms with Crippen molar-refractivity contribution in [2.24, 2.45) is 5.92 Å². The first-order chi connectivity index (χ1) is 21.2. The Balaban J connectivity index is 1.31. The van der Waals surface area contributed by atoms with Crippen molar-refractivity contribution in [2.45, 2.75) is 57.4 Å². The summed E-state index contributed by atoms with van der Waals surface area (Å²) in [5.41, 5.74) is 2.57. The predicted molar refractivity (Wildman–Crippen MR) is 166 cm³/mol. The maximum absolute atomic E-state index is 13.9. The molecule has 3 N–H and O–H groups in total. The van der Waals surface area contributed by atoms with Crippen LogP contribution in [0.3, 0.4) is 0 Å². The zero-order valence-electron chi connectivity index (χ0n) is 24.9. The van der Waals surface area contributed by atoms with E-state index in [2.05, 4.69) is 15.6 Å². The van der Waals surface area contributed by atoms with Gasteiger partial charge in [0, 0.05) is 29.4 Å². The summed E-state index contributed by atoms with van der Waals surface area (Å²) in [6, 6.07) is 24.7. The highest BCUT2D eigenvalue weighted by Gasteiger charge is 2.50. The second-order valence-electron chi connectivity index (χ2n) is 11.5. The molecule has 0 saturated carbocycles. The van der Waals surface area contributed by atoms with Crippen molar-refractivity contribution in [3.8, 4) is 0 Å². The van der Waals surface area contributed by atoms with Gasteiger partial charge in [-0.2, -0.15) is 0 Å². The number of aromatic nitrogens is 1. The van der Waals surface area contributed by atoms with E-state index in [9.17, 15) is 19.2 Å². The van der Waals surface area contributed by atoms with E-state index < -0.39 is 35.6 Å². The number of H-pyrrole nitrogens is 1. The van der Waals surface area contributed by atoms with E-state index in [4.69, 9.17) is 9.47 Å². The van der Waals surface area contributed by atoms with Crippen LogP contribution in [0.4, 0.5) is 4.79 Å². The lowest BCUT2D eigenvalue weighted by molar-refractivity contribution is -0.134. The Morgan fingerprint density at radius 3 is 2.20 bits per heavy atom. The molecule has 1 saturated heterocycles. The van der Waals surface area contributed by atoms with Crippen LogP contribution in [0.25, 0.3) is 10.9 Å². The Labute approximate surface area is 256 Å². The zero-order valence-corrected chi connectivity index (χ0v) is 24.9. The third kappa shape index (κ3) is 7.79. The summed E-state index contributed by atoms with van der Waals surface area (Å²) >= 11 is 0. The quantitative estimate of drug-likeness (QED) is 0.182. The molecule has 4 aromatic rings. The number of hydrogen-bond donors (Lipinski definition) is 3. The summed E-state index contributed by atoms with van der Waals surface area (Å²) in [4.78, 5) is 56.4. The number of nitrogens with one attached hydrogen (secondary N) is 3. The maximum atomic E-state index is 13.9. The molecule has 0 unspecified atom stereocenters. The van der Waals surface area contributed by atoms with Crippen LogP contribution in [0.2, 0.25) is 0 Å². The van der Waals surface area contributed by atoms with Crippen LogP contribution in [0.1, 0.15) is 37.0 Å². The Morgan fingerprint density at radius 2 is 1.52 bits per heavy atom. The second kappa shape index (κ2) is 13.7. The number of rotatable bonds is 14. The van der Waals surface area contributed by atoms with Crippen molar-refractivity contribution < 1.29 is 28.7 Å². The minimum Gasteiger partial charge on any atom is -0.445 e. The maximum Gasteiger partial charge on any atom is 0.408 e. The van der Waals surface area contributed by atoms with Crippen molar-refractivity contribution in [2.75, 3.05) is 6.61 Å². The Bertz CT molecular complexity index is 1610. The molecule has 4 atom stereocenters. The molecule has 0 aliphatic carbocycles. The number of ketones is 2. The number of benzene rings is 3.